The predicted octanol–water partition coefficient (Wildman–Crippen LogP) is 4.36. The lowest BCUT2D eigenvalue weighted by atomic mass is 9.90. The molecule has 0 N–H and O–H groups in total. The van der Waals surface area contributed by atoms with E-state index in [9.17, 15) is 18.8 Å². The van der Waals surface area contributed by atoms with Gasteiger partial charge < -0.3 is 9.64 Å². The highest BCUT2D eigenvalue weighted by Gasteiger charge is 2.33. The van der Waals surface area contributed by atoms with Crippen LogP contribution in [0.25, 0.3) is 0 Å². The van der Waals surface area contributed by atoms with Crippen molar-refractivity contribution in [1.29, 1.82) is 0 Å². The summed E-state index contributed by atoms with van der Waals surface area (Å²) in [4.78, 5) is 42.8. The van der Waals surface area contributed by atoms with Crippen LogP contribution in [0.5, 0.6) is 0 Å². The molecule has 33 heavy (non-hydrogen) atoms. The summed E-state index contributed by atoms with van der Waals surface area (Å²) in [5, 5.41) is 0. The van der Waals surface area contributed by atoms with Crippen molar-refractivity contribution in [3.05, 3.63) is 119 Å². The number of Topliss-reactive ketones (excluding diaryl/α,β-unsaturated/α-hetero) is 3. The zero-order valence-corrected chi connectivity index (χ0v) is 17.9. The summed E-state index contributed by atoms with van der Waals surface area (Å²) < 4.78 is 18.9. The van der Waals surface area contributed by atoms with Crippen molar-refractivity contribution in [2.75, 3.05) is 26.3 Å². The van der Waals surface area contributed by atoms with Gasteiger partial charge in [0.15, 0.2) is 11.6 Å². The van der Waals surface area contributed by atoms with E-state index in [2.05, 4.69) is 0 Å². The van der Waals surface area contributed by atoms with Crippen LogP contribution in [0.15, 0.2) is 96.2 Å². The lowest BCUT2D eigenvalue weighted by Crippen LogP contribution is -2.40. The minimum Gasteiger partial charge on any atom is -0.378 e. The molecule has 1 fully saturated rings. The van der Waals surface area contributed by atoms with Gasteiger partial charge in [-0.05, 0) is 24.3 Å². The number of benzene rings is 3. The van der Waals surface area contributed by atoms with Gasteiger partial charge in [-0.15, -0.1) is 0 Å². The molecule has 1 saturated heterocycles. The Labute approximate surface area is 191 Å². The Bertz CT molecular complexity index is 1130. The third-order valence-electron chi connectivity index (χ3n) is 5.41. The number of nitrogens with zero attached hydrogens (tertiary/aromatic N) is 1. The Kier molecular flexibility index (Phi) is 6.86. The molecule has 0 atom stereocenters. The van der Waals surface area contributed by atoms with Gasteiger partial charge in [0.1, 0.15) is 11.5 Å². The van der Waals surface area contributed by atoms with E-state index in [0.29, 0.717) is 37.4 Å². The zero-order valence-electron chi connectivity index (χ0n) is 17.9. The molecule has 3 aromatic carbocycles. The number of allylic oxidation sites excluding steroid dienone is 2. The van der Waals surface area contributed by atoms with Crippen LogP contribution in [-0.2, 0) is 4.74 Å². The van der Waals surface area contributed by atoms with Crippen LogP contribution >= 0.6 is 0 Å². The molecule has 0 aliphatic carbocycles. The fraction of sp³-hybridized carbons (Fsp3) is 0.148. The van der Waals surface area contributed by atoms with Gasteiger partial charge in [0, 0.05) is 29.8 Å². The third kappa shape index (κ3) is 4.96. The number of hydrogen-bond donors (Lipinski definition) is 0. The normalized spacial score (nSPS) is 13.3. The second kappa shape index (κ2) is 10.1. The summed E-state index contributed by atoms with van der Waals surface area (Å²) in [5.74, 6) is -2.08. The van der Waals surface area contributed by atoms with Gasteiger partial charge in [-0.25, -0.2) is 4.39 Å². The van der Waals surface area contributed by atoms with E-state index in [1.807, 2.05) is 0 Å². The molecule has 166 valence electrons. The van der Waals surface area contributed by atoms with Crippen molar-refractivity contribution < 1.29 is 23.5 Å². The van der Waals surface area contributed by atoms with Crippen LogP contribution < -0.4 is 0 Å². The fourth-order valence-corrected chi connectivity index (χ4v) is 3.73. The average molecular weight is 443 g/mol. The third-order valence-corrected chi connectivity index (χ3v) is 5.41. The summed E-state index contributed by atoms with van der Waals surface area (Å²) in [6.07, 6.45) is 0. The first kappa shape index (κ1) is 22.3. The Morgan fingerprint density at radius 2 is 1.09 bits per heavy atom. The molecule has 4 rings (SSSR count). The highest BCUT2D eigenvalue weighted by Crippen LogP contribution is 2.25. The van der Waals surface area contributed by atoms with Crippen molar-refractivity contribution in [3.63, 3.8) is 0 Å². The summed E-state index contributed by atoms with van der Waals surface area (Å²) in [7, 11) is 0. The summed E-state index contributed by atoms with van der Waals surface area (Å²) in [6.45, 7) is 1.39. The number of morpholine rings is 1. The maximum absolute atomic E-state index is 13.7. The molecule has 0 aromatic heterocycles. The average Bonchev–Trinajstić information content (AvgIpc) is 2.88. The molecule has 3 aromatic rings. The lowest BCUT2D eigenvalue weighted by Gasteiger charge is -2.31. The van der Waals surface area contributed by atoms with E-state index < -0.39 is 23.2 Å². The van der Waals surface area contributed by atoms with Crippen LogP contribution in [0.2, 0.25) is 0 Å². The second-order valence-corrected chi connectivity index (χ2v) is 7.55. The molecule has 0 amide bonds. The zero-order chi connectivity index (χ0) is 23.2. The van der Waals surface area contributed by atoms with E-state index in [0.717, 1.165) is 0 Å². The first-order valence-electron chi connectivity index (χ1n) is 10.6. The van der Waals surface area contributed by atoms with Crippen molar-refractivity contribution in [2.24, 2.45) is 0 Å². The Balaban J connectivity index is 1.94. The topological polar surface area (TPSA) is 63.7 Å². The molecule has 0 unspecified atom stereocenters. The molecular formula is C27H22FNO4. The molecule has 0 radical (unpaired) electrons. The minimum atomic E-state index is -0.540. The number of carbonyl (C=O) groups is 3. The number of rotatable bonds is 7. The van der Waals surface area contributed by atoms with Crippen LogP contribution in [0.3, 0.4) is 0 Å². The molecule has 5 nitrogen and oxygen atoms in total. The number of ether oxygens (including phenoxy) is 1. The summed E-state index contributed by atoms with van der Waals surface area (Å²) >= 11 is 0. The van der Waals surface area contributed by atoms with Gasteiger partial charge in [0.25, 0.3) is 0 Å². The van der Waals surface area contributed by atoms with Crippen LogP contribution in [0.1, 0.15) is 31.1 Å². The molecule has 0 saturated carbocycles. The molecule has 0 spiro atoms. The molecule has 1 heterocycles. The van der Waals surface area contributed by atoms with Crippen molar-refractivity contribution >= 4 is 17.3 Å². The quantitative estimate of drug-likeness (QED) is 0.235. The lowest BCUT2D eigenvalue weighted by molar-refractivity contribution is 0.0495. The van der Waals surface area contributed by atoms with Gasteiger partial charge in [-0.3, -0.25) is 14.4 Å². The standard InChI is InChI=1S/C27H22FNO4/c28-22-13-11-21(12-14-22)27(32)24(29-15-17-33-18-16-29)23(25(30)19-7-3-1-4-8-19)26(31)20-9-5-2-6-10-20/h1-14H,15-18H2. The van der Waals surface area contributed by atoms with Gasteiger partial charge in [0.2, 0.25) is 5.78 Å². The monoisotopic (exact) mass is 443 g/mol. The van der Waals surface area contributed by atoms with Gasteiger partial charge in [0.05, 0.1) is 18.8 Å². The second-order valence-electron chi connectivity index (χ2n) is 7.55. The Hall–Kier alpha value is -3.90. The smallest absolute Gasteiger partial charge is 0.209 e. The SMILES string of the molecule is O=C(C(C(=O)c1ccccc1)=C(C(=O)c1ccc(F)cc1)N1CCOCC1)c1ccccc1. The van der Waals surface area contributed by atoms with E-state index in [1.165, 1.54) is 24.3 Å². The van der Waals surface area contributed by atoms with Gasteiger partial charge >= 0.3 is 0 Å². The molecular weight excluding hydrogens is 421 g/mol. The highest BCUT2D eigenvalue weighted by molar-refractivity contribution is 6.34. The number of hydrogen-bond acceptors (Lipinski definition) is 5. The maximum Gasteiger partial charge on any atom is 0.209 e. The van der Waals surface area contributed by atoms with Gasteiger partial charge in [-0.1, -0.05) is 60.7 Å². The first-order valence-corrected chi connectivity index (χ1v) is 10.6. The van der Waals surface area contributed by atoms with E-state index in [1.54, 1.807) is 65.6 Å². The first-order chi connectivity index (χ1) is 16.1. The minimum absolute atomic E-state index is 0.00705. The van der Waals surface area contributed by atoms with E-state index in [-0.39, 0.29) is 16.8 Å². The van der Waals surface area contributed by atoms with Crippen molar-refractivity contribution in [3.8, 4) is 0 Å². The summed E-state index contributed by atoms with van der Waals surface area (Å²) in [5.41, 5.74) is 0.595. The molecule has 1 aliphatic heterocycles. The molecule has 1 aliphatic rings. The van der Waals surface area contributed by atoms with Crippen LogP contribution in [0.4, 0.5) is 4.39 Å². The fourth-order valence-electron chi connectivity index (χ4n) is 3.73. The number of carbonyl (C=O) groups excluding carboxylic acids is 3. The molecule has 0 bridgehead atoms. The van der Waals surface area contributed by atoms with Gasteiger partial charge in [-0.2, -0.15) is 0 Å². The van der Waals surface area contributed by atoms with Crippen LogP contribution in [0, 0.1) is 5.82 Å². The van der Waals surface area contributed by atoms with Crippen molar-refractivity contribution in [1.82, 2.24) is 4.90 Å². The summed E-state index contributed by atoms with van der Waals surface area (Å²) in [6, 6.07) is 21.9. The Morgan fingerprint density at radius 1 is 0.636 bits per heavy atom. The largest absolute Gasteiger partial charge is 0.378 e. The highest BCUT2D eigenvalue weighted by atomic mass is 19.1. The van der Waals surface area contributed by atoms with Crippen molar-refractivity contribution in [2.45, 2.75) is 0 Å². The maximum atomic E-state index is 13.7. The Morgan fingerprint density at radius 3 is 1.58 bits per heavy atom. The van der Waals surface area contributed by atoms with E-state index >= 15 is 0 Å². The van der Waals surface area contributed by atoms with Crippen LogP contribution in [-0.4, -0.2) is 48.6 Å². The number of ketones is 3. The predicted molar refractivity (Wildman–Crippen MR) is 122 cm³/mol. The number of halogens is 1. The van der Waals surface area contributed by atoms with E-state index in [4.69, 9.17) is 4.74 Å². The molecule has 6 heteroatoms.